The number of ether oxygens (including phenoxy) is 1. The number of para-hydroxylation sites is 1. The standard InChI is InChI=1S/C55H68N10O5S/c56-52-50-51(40-23-25-43(26-24-40)70-42-18-10-9-11-19-42)60-65(53(50)58-39-57-52)41-17-15-31-63(37-41)49(67)22-16-30-62-34-32-61(33-35-62)29-12-7-5-3-1-2-4-6-8-13-36-71-47-21-14-20-44-45(47)38-64(55(44)69)46-27-28-48(66)59-54(46)68/h9-11,14,16,18-26,39,41,46H,1-8,12-13,15,17,27-38H2,(H2,56,57,58)(H,59,66,68)/b22-16+/t41-,46?/m1/s1. The van der Waals surface area contributed by atoms with Gasteiger partial charge in [0, 0.05) is 80.9 Å². The summed E-state index contributed by atoms with van der Waals surface area (Å²) >= 11 is 1.81. The molecule has 4 aliphatic rings. The number of anilines is 1. The van der Waals surface area contributed by atoms with Crippen molar-refractivity contribution in [3.05, 3.63) is 102 Å². The van der Waals surface area contributed by atoms with Gasteiger partial charge in [-0.15, -0.1) is 11.8 Å². The largest absolute Gasteiger partial charge is 0.457 e. The highest BCUT2D eigenvalue weighted by atomic mass is 32.2. The Kier molecular flexibility index (Phi) is 17.1. The zero-order chi connectivity index (χ0) is 48.9. The van der Waals surface area contributed by atoms with Crippen molar-refractivity contribution in [2.24, 2.45) is 0 Å². The monoisotopic (exact) mass is 981 g/mol. The number of carbonyl (C=O) groups excluding carboxylic acids is 4. The van der Waals surface area contributed by atoms with E-state index in [1.807, 2.05) is 94.1 Å². The maximum absolute atomic E-state index is 13.5. The first kappa shape index (κ1) is 49.9. The summed E-state index contributed by atoms with van der Waals surface area (Å²) in [5, 5.41) is 8.17. The first-order valence-electron chi connectivity index (χ1n) is 25.9. The predicted octanol–water partition coefficient (Wildman–Crippen LogP) is 8.66. The molecule has 374 valence electrons. The van der Waals surface area contributed by atoms with E-state index in [2.05, 4.69) is 31.2 Å². The molecular weight excluding hydrogens is 913 g/mol. The van der Waals surface area contributed by atoms with Crippen LogP contribution in [0, 0.1) is 0 Å². The Balaban J connectivity index is 0.613. The third kappa shape index (κ3) is 12.7. The lowest BCUT2D eigenvalue weighted by atomic mass is 10.0. The van der Waals surface area contributed by atoms with Crippen molar-refractivity contribution in [2.45, 2.75) is 113 Å². The van der Waals surface area contributed by atoms with Gasteiger partial charge < -0.3 is 25.2 Å². The minimum Gasteiger partial charge on any atom is -0.457 e. The van der Waals surface area contributed by atoms with Gasteiger partial charge in [0.1, 0.15) is 35.4 Å². The van der Waals surface area contributed by atoms with Crippen LogP contribution in [0.25, 0.3) is 22.3 Å². The Labute approximate surface area is 421 Å². The molecular formula is C55H68N10O5S. The second kappa shape index (κ2) is 24.3. The number of fused-ring (bicyclic) bond motifs is 2. The highest BCUT2D eigenvalue weighted by Gasteiger charge is 2.40. The van der Waals surface area contributed by atoms with E-state index in [-0.39, 0.29) is 36.1 Å². The predicted molar refractivity (Wildman–Crippen MR) is 278 cm³/mol. The molecule has 2 atom stereocenters. The van der Waals surface area contributed by atoms with Crippen LogP contribution in [0.2, 0.25) is 0 Å². The van der Waals surface area contributed by atoms with Gasteiger partial charge in [0.15, 0.2) is 5.65 Å². The molecule has 0 radical (unpaired) electrons. The number of unbranched alkanes of at least 4 members (excludes halogenated alkanes) is 9. The molecule has 0 spiro atoms. The molecule has 3 aromatic carbocycles. The lowest BCUT2D eigenvalue weighted by Crippen LogP contribution is -2.52. The molecule has 9 rings (SSSR count). The Morgan fingerprint density at radius 1 is 0.789 bits per heavy atom. The molecule has 0 bridgehead atoms. The van der Waals surface area contributed by atoms with E-state index in [1.54, 1.807) is 11.0 Å². The van der Waals surface area contributed by atoms with Crippen LogP contribution in [0.15, 0.2) is 96.2 Å². The van der Waals surface area contributed by atoms with Gasteiger partial charge in [0.25, 0.3) is 5.91 Å². The number of nitrogens with one attached hydrogen (secondary N) is 1. The second-order valence-electron chi connectivity index (χ2n) is 19.4. The number of imide groups is 1. The van der Waals surface area contributed by atoms with Crippen LogP contribution in [0.5, 0.6) is 11.5 Å². The number of piperidine rings is 2. The van der Waals surface area contributed by atoms with E-state index in [9.17, 15) is 19.2 Å². The number of piperazine rings is 1. The maximum atomic E-state index is 13.5. The molecule has 3 fully saturated rings. The third-order valence-electron chi connectivity index (χ3n) is 14.4. The molecule has 4 amide bonds. The number of likely N-dealkylation sites (tertiary alicyclic amines) is 1. The number of hydrogen-bond acceptors (Lipinski definition) is 12. The molecule has 16 heteroatoms. The van der Waals surface area contributed by atoms with Crippen LogP contribution < -0.4 is 15.8 Å². The number of nitrogens with zero attached hydrogens (tertiary/aromatic N) is 8. The molecule has 2 aromatic heterocycles. The highest BCUT2D eigenvalue weighted by molar-refractivity contribution is 7.99. The lowest BCUT2D eigenvalue weighted by Gasteiger charge is -2.34. The number of nitrogens with two attached hydrogens (primary N) is 1. The van der Waals surface area contributed by atoms with Gasteiger partial charge in [-0.2, -0.15) is 5.10 Å². The smallest absolute Gasteiger partial charge is 0.255 e. The molecule has 3 saturated heterocycles. The Hall–Kier alpha value is -6.10. The van der Waals surface area contributed by atoms with E-state index >= 15 is 0 Å². The highest BCUT2D eigenvalue weighted by Crippen LogP contribution is 2.37. The minimum atomic E-state index is -0.576. The van der Waals surface area contributed by atoms with Crippen LogP contribution in [-0.4, -0.2) is 127 Å². The number of rotatable bonds is 22. The van der Waals surface area contributed by atoms with Crippen molar-refractivity contribution in [3.8, 4) is 22.8 Å². The van der Waals surface area contributed by atoms with Crippen molar-refractivity contribution >= 4 is 52.2 Å². The van der Waals surface area contributed by atoms with Gasteiger partial charge in [-0.1, -0.05) is 81.7 Å². The lowest BCUT2D eigenvalue weighted by molar-refractivity contribution is -0.137. The fourth-order valence-electron chi connectivity index (χ4n) is 10.4. The molecule has 0 saturated carbocycles. The number of benzene rings is 3. The van der Waals surface area contributed by atoms with Gasteiger partial charge in [0.2, 0.25) is 17.7 Å². The summed E-state index contributed by atoms with van der Waals surface area (Å²) in [5.74, 6) is 2.19. The van der Waals surface area contributed by atoms with E-state index in [4.69, 9.17) is 15.6 Å². The zero-order valence-corrected chi connectivity index (χ0v) is 41.7. The molecule has 3 N–H and O–H groups in total. The number of nitrogen functional groups attached to an aromatic ring is 1. The molecule has 5 aromatic rings. The average molecular weight is 981 g/mol. The summed E-state index contributed by atoms with van der Waals surface area (Å²) in [4.78, 5) is 69.3. The molecule has 0 aliphatic carbocycles. The summed E-state index contributed by atoms with van der Waals surface area (Å²) in [7, 11) is 0. The van der Waals surface area contributed by atoms with Crippen LogP contribution in [0.3, 0.4) is 0 Å². The molecule has 15 nitrogen and oxygen atoms in total. The Bertz CT molecular complexity index is 2650. The topological polar surface area (TPSA) is 172 Å². The van der Waals surface area contributed by atoms with Gasteiger partial charge in [-0.05, 0) is 98.5 Å². The minimum absolute atomic E-state index is 0.0375. The van der Waals surface area contributed by atoms with E-state index in [1.165, 1.54) is 64.1 Å². The quantitative estimate of drug-likeness (QED) is 0.0293. The van der Waals surface area contributed by atoms with Crippen LogP contribution in [0.4, 0.5) is 5.82 Å². The molecule has 6 heterocycles. The summed E-state index contributed by atoms with van der Waals surface area (Å²) in [5.41, 5.74) is 10.4. The van der Waals surface area contributed by atoms with Gasteiger partial charge in [0.05, 0.1) is 11.4 Å². The number of aromatic nitrogens is 4. The van der Waals surface area contributed by atoms with Gasteiger partial charge in [-0.3, -0.25) is 29.4 Å². The van der Waals surface area contributed by atoms with Crippen molar-refractivity contribution < 1.29 is 23.9 Å². The van der Waals surface area contributed by atoms with E-state index < -0.39 is 6.04 Å². The first-order valence-corrected chi connectivity index (χ1v) is 26.9. The fraction of sp³-hybridized carbons (Fsp3) is 0.473. The Morgan fingerprint density at radius 3 is 2.27 bits per heavy atom. The first-order chi connectivity index (χ1) is 34.8. The van der Waals surface area contributed by atoms with E-state index in [0.717, 1.165) is 91.8 Å². The second-order valence-corrected chi connectivity index (χ2v) is 20.5. The molecule has 4 aliphatic heterocycles. The van der Waals surface area contributed by atoms with Crippen molar-refractivity contribution in [1.82, 2.24) is 44.7 Å². The summed E-state index contributed by atoms with van der Waals surface area (Å²) in [6.07, 6.45) is 20.4. The van der Waals surface area contributed by atoms with Crippen LogP contribution in [-0.2, 0) is 20.9 Å². The summed E-state index contributed by atoms with van der Waals surface area (Å²) in [6.45, 7) is 7.83. The summed E-state index contributed by atoms with van der Waals surface area (Å²) in [6, 6.07) is 22.7. The van der Waals surface area contributed by atoms with Crippen molar-refractivity contribution in [1.29, 1.82) is 0 Å². The number of carbonyl (C=O) groups is 4. The van der Waals surface area contributed by atoms with Gasteiger partial charge >= 0.3 is 0 Å². The van der Waals surface area contributed by atoms with Crippen molar-refractivity contribution in [2.75, 3.05) is 63.8 Å². The number of hydrogen-bond donors (Lipinski definition) is 2. The number of thioether (sulfide) groups is 1. The summed E-state index contributed by atoms with van der Waals surface area (Å²) < 4.78 is 7.95. The zero-order valence-electron chi connectivity index (χ0n) is 40.9. The van der Waals surface area contributed by atoms with Crippen molar-refractivity contribution in [3.63, 3.8) is 0 Å². The third-order valence-corrected chi connectivity index (χ3v) is 15.6. The SMILES string of the molecule is Nc1ncnc2c1c(-c1ccc(Oc3ccccc3)cc1)nn2[C@@H]1CCCN(C(=O)/C=C/CN2CCN(CCCCCCCCCCCCSc3cccc4c3CN(C3CCC(=O)NC3=O)C4=O)CC2)C1. The normalized spacial score (nSPS) is 19.0. The Morgan fingerprint density at radius 2 is 1.51 bits per heavy atom. The van der Waals surface area contributed by atoms with Crippen LogP contribution >= 0.6 is 11.8 Å². The fourth-order valence-corrected chi connectivity index (χ4v) is 11.5. The van der Waals surface area contributed by atoms with Gasteiger partial charge in [-0.25, -0.2) is 14.6 Å². The average Bonchev–Trinajstić information content (AvgIpc) is 3.95. The molecule has 1 unspecified atom stereocenters. The molecule has 71 heavy (non-hydrogen) atoms. The maximum Gasteiger partial charge on any atom is 0.255 e. The van der Waals surface area contributed by atoms with Crippen LogP contribution in [0.1, 0.15) is 112 Å². The van der Waals surface area contributed by atoms with E-state index in [0.29, 0.717) is 54.2 Å². The number of amides is 4.